The lowest BCUT2D eigenvalue weighted by atomic mass is 9.48. The number of nitrogens with zero attached hydrogens (tertiary/aromatic N) is 2. The Morgan fingerprint density at radius 3 is 2.91 bits per heavy atom. The number of ether oxygens (including phenoxy) is 1. The number of carbonyl (C=O) groups excluding carboxylic acids is 1. The van der Waals surface area contributed by atoms with Gasteiger partial charge in [0.15, 0.2) is 11.5 Å². The molecule has 5 atom stereocenters. The molecule has 3 aliphatic heterocycles. The number of carbonyl (C=O) groups is 1. The molecule has 1 aromatic carbocycles. The van der Waals surface area contributed by atoms with Crippen molar-refractivity contribution < 1.29 is 19.7 Å². The zero-order valence-corrected chi connectivity index (χ0v) is 19.1. The first kappa shape index (κ1) is 20.1. The highest BCUT2D eigenvalue weighted by molar-refractivity contribution is 5.97. The highest BCUT2D eigenvalue weighted by Crippen LogP contribution is 2.66. The number of amides is 1. The summed E-state index contributed by atoms with van der Waals surface area (Å²) >= 11 is 0. The Kier molecular flexibility index (Phi) is 4.04. The first-order valence-corrected chi connectivity index (χ1v) is 12.6. The third-order valence-electron chi connectivity index (χ3n) is 9.77. The summed E-state index contributed by atoms with van der Waals surface area (Å²) in [4.78, 5) is 17.9. The van der Waals surface area contributed by atoms with Crippen LogP contribution in [0.1, 0.15) is 56.1 Å². The van der Waals surface area contributed by atoms with Crippen molar-refractivity contribution in [1.82, 2.24) is 9.80 Å². The Hall–Kier alpha value is -2.31. The highest BCUT2D eigenvalue weighted by Gasteiger charge is 2.73. The molecule has 2 N–H and O–H groups in total. The summed E-state index contributed by atoms with van der Waals surface area (Å²) in [6.45, 7) is 6.25. The lowest BCUT2D eigenvalue weighted by Crippen LogP contribution is -2.78. The molecule has 174 valence electrons. The van der Waals surface area contributed by atoms with Crippen LogP contribution < -0.4 is 4.74 Å². The number of hydrogen-bond donors (Lipinski definition) is 2. The molecule has 0 radical (unpaired) electrons. The number of likely N-dealkylation sites (tertiary alicyclic amines) is 1. The lowest BCUT2D eigenvalue weighted by Gasteiger charge is -2.64. The number of aromatic hydroxyl groups is 1. The minimum Gasteiger partial charge on any atom is -0.504 e. The van der Waals surface area contributed by atoms with Crippen LogP contribution >= 0.6 is 0 Å². The molecule has 1 spiro atoms. The Morgan fingerprint density at radius 2 is 2.09 bits per heavy atom. The van der Waals surface area contributed by atoms with E-state index >= 15 is 0 Å². The van der Waals surface area contributed by atoms with Gasteiger partial charge in [-0.1, -0.05) is 12.1 Å². The minimum absolute atomic E-state index is 0.0140. The van der Waals surface area contributed by atoms with E-state index in [0.717, 1.165) is 69.2 Å². The third kappa shape index (κ3) is 2.29. The summed E-state index contributed by atoms with van der Waals surface area (Å²) in [5, 5.41) is 23.3. The number of rotatable bonds is 3. The Balaban J connectivity index is 1.36. The van der Waals surface area contributed by atoms with Gasteiger partial charge < -0.3 is 19.8 Å². The molecular weight excluding hydrogens is 416 g/mol. The average Bonchev–Trinajstić information content (AvgIpc) is 3.33. The van der Waals surface area contributed by atoms with Gasteiger partial charge >= 0.3 is 0 Å². The molecular formula is C27H32N2O4. The molecule has 6 heteroatoms. The molecule has 0 unspecified atom stereocenters. The number of piperidine rings is 1. The van der Waals surface area contributed by atoms with Gasteiger partial charge in [0.05, 0.1) is 17.1 Å². The van der Waals surface area contributed by atoms with Gasteiger partial charge in [-0.2, -0.15) is 0 Å². The highest BCUT2D eigenvalue weighted by atomic mass is 16.5. The van der Waals surface area contributed by atoms with E-state index in [-0.39, 0.29) is 29.8 Å². The van der Waals surface area contributed by atoms with Gasteiger partial charge in [-0.15, -0.1) is 6.58 Å². The quantitative estimate of drug-likeness (QED) is 0.696. The molecule has 2 fully saturated rings. The predicted octanol–water partition coefficient (Wildman–Crippen LogP) is 2.81. The molecule has 0 aromatic heterocycles. The van der Waals surface area contributed by atoms with E-state index in [1.165, 1.54) is 11.1 Å². The summed E-state index contributed by atoms with van der Waals surface area (Å²) in [5.41, 5.74) is 2.98. The van der Waals surface area contributed by atoms with Gasteiger partial charge in [-0.25, -0.2) is 0 Å². The lowest BCUT2D eigenvalue weighted by molar-refractivity contribution is -0.198. The van der Waals surface area contributed by atoms with E-state index < -0.39 is 11.0 Å². The minimum atomic E-state index is -0.947. The SMILES string of the molecule is C=CCN1CC[C@]23c4c5ccc(O)c4O[C@H]2[C@@H](N2CC4=C(CCCC4)C2=O)CC[C@@]3(O)[C@@H]1C5. The normalized spacial score (nSPS) is 38.8. The Bertz CT molecular complexity index is 1110. The van der Waals surface area contributed by atoms with Crippen molar-refractivity contribution in [3.63, 3.8) is 0 Å². The number of aliphatic hydroxyl groups is 1. The number of benzene rings is 1. The maximum Gasteiger partial charge on any atom is 0.250 e. The summed E-state index contributed by atoms with van der Waals surface area (Å²) in [5.74, 6) is 0.871. The van der Waals surface area contributed by atoms with Crippen LogP contribution in [0.3, 0.4) is 0 Å². The van der Waals surface area contributed by atoms with Crippen LogP contribution in [-0.4, -0.2) is 69.3 Å². The van der Waals surface area contributed by atoms with E-state index in [1.54, 1.807) is 6.07 Å². The predicted molar refractivity (Wildman–Crippen MR) is 123 cm³/mol. The van der Waals surface area contributed by atoms with Crippen LogP contribution in [0.2, 0.25) is 0 Å². The molecule has 1 amide bonds. The van der Waals surface area contributed by atoms with Crippen molar-refractivity contribution in [3.8, 4) is 11.5 Å². The van der Waals surface area contributed by atoms with E-state index in [0.29, 0.717) is 18.7 Å². The number of phenolic OH excluding ortho intramolecular Hbond substituents is 1. The van der Waals surface area contributed by atoms with Crippen LogP contribution in [0.15, 0.2) is 35.9 Å². The van der Waals surface area contributed by atoms with E-state index in [9.17, 15) is 15.0 Å². The molecule has 1 aromatic rings. The second-order valence-electron chi connectivity index (χ2n) is 11.0. The molecule has 3 heterocycles. The zero-order valence-electron chi connectivity index (χ0n) is 19.1. The molecule has 2 bridgehead atoms. The first-order chi connectivity index (χ1) is 16.0. The number of hydrogen-bond acceptors (Lipinski definition) is 5. The van der Waals surface area contributed by atoms with Crippen molar-refractivity contribution in [1.29, 1.82) is 0 Å². The Labute approximate surface area is 194 Å². The second-order valence-corrected chi connectivity index (χ2v) is 11.0. The first-order valence-electron chi connectivity index (χ1n) is 12.6. The largest absolute Gasteiger partial charge is 0.504 e. The summed E-state index contributed by atoms with van der Waals surface area (Å²) in [6.07, 6.45) is 8.62. The molecule has 1 saturated carbocycles. The van der Waals surface area contributed by atoms with E-state index in [2.05, 4.69) is 16.4 Å². The van der Waals surface area contributed by atoms with Gasteiger partial charge in [-0.05, 0) is 75.1 Å². The maximum absolute atomic E-state index is 13.5. The fourth-order valence-corrected chi connectivity index (χ4v) is 8.43. The van der Waals surface area contributed by atoms with E-state index in [4.69, 9.17) is 4.74 Å². The van der Waals surface area contributed by atoms with E-state index in [1.807, 2.05) is 12.1 Å². The summed E-state index contributed by atoms with van der Waals surface area (Å²) in [6, 6.07) is 3.64. The van der Waals surface area contributed by atoms with Crippen LogP contribution in [0.25, 0.3) is 0 Å². The van der Waals surface area contributed by atoms with Crippen molar-refractivity contribution in [2.75, 3.05) is 19.6 Å². The fraction of sp³-hybridized carbons (Fsp3) is 0.593. The molecule has 1 saturated heterocycles. The fourth-order valence-electron chi connectivity index (χ4n) is 8.43. The van der Waals surface area contributed by atoms with Crippen LogP contribution in [0.4, 0.5) is 0 Å². The van der Waals surface area contributed by atoms with Crippen molar-refractivity contribution in [2.45, 2.75) is 80.6 Å². The average molecular weight is 449 g/mol. The molecule has 6 aliphatic rings. The van der Waals surface area contributed by atoms with Crippen LogP contribution in [0, 0.1) is 0 Å². The van der Waals surface area contributed by atoms with Crippen LogP contribution in [0.5, 0.6) is 11.5 Å². The third-order valence-corrected chi connectivity index (χ3v) is 9.77. The van der Waals surface area contributed by atoms with Crippen molar-refractivity contribution >= 4 is 5.91 Å². The van der Waals surface area contributed by atoms with Crippen molar-refractivity contribution in [3.05, 3.63) is 47.1 Å². The molecule has 3 aliphatic carbocycles. The molecule has 6 nitrogen and oxygen atoms in total. The van der Waals surface area contributed by atoms with Gasteiger partial charge in [0.1, 0.15) is 6.10 Å². The maximum atomic E-state index is 13.5. The standard InChI is InChI=1S/C27H32N2O4/c1-2-12-28-13-11-26-22-16-7-8-20(30)23(22)33-24(26)19(9-10-27(26,32)21(28)14-16)29-15-17-5-3-4-6-18(17)25(29)31/h2,7-8,19,21,24,30,32H,1,3-6,9-15H2/t19-,21-,24-,26-,27+/m0/s1. The summed E-state index contributed by atoms with van der Waals surface area (Å²) < 4.78 is 6.64. The monoisotopic (exact) mass is 448 g/mol. The van der Waals surface area contributed by atoms with Gasteiger partial charge in [-0.3, -0.25) is 9.69 Å². The Morgan fingerprint density at radius 1 is 1.24 bits per heavy atom. The second kappa shape index (κ2) is 6.63. The summed E-state index contributed by atoms with van der Waals surface area (Å²) in [7, 11) is 0. The zero-order chi connectivity index (χ0) is 22.5. The van der Waals surface area contributed by atoms with Gasteiger partial charge in [0.25, 0.3) is 0 Å². The number of phenols is 1. The van der Waals surface area contributed by atoms with Gasteiger partial charge in [0, 0.05) is 30.3 Å². The molecule has 33 heavy (non-hydrogen) atoms. The molecule has 7 rings (SSSR count). The topological polar surface area (TPSA) is 73.2 Å². The van der Waals surface area contributed by atoms with Gasteiger partial charge in [0.2, 0.25) is 5.91 Å². The van der Waals surface area contributed by atoms with Crippen molar-refractivity contribution in [2.24, 2.45) is 0 Å². The van der Waals surface area contributed by atoms with Crippen LogP contribution in [-0.2, 0) is 16.6 Å². The smallest absolute Gasteiger partial charge is 0.250 e.